The van der Waals surface area contributed by atoms with Crippen molar-refractivity contribution in [1.82, 2.24) is 24.4 Å². The van der Waals surface area contributed by atoms with Crippen LogP contribution in [0.25, 0.3) is 11.2 Å². The summed E-state index contributed by atoms with van der Waals surface area (Å²) in [5.41, 5.74) is 2.96. The van der Waals surface area contributed by atoms with Crippen molar-refractivity contribution in [2.24, 2.45) is 7.05 Å². The Kier molecular flexibility index (Phi) is 4.69. The zero-order valence-corrected chi connectivity index (χ0v) is 16.0. The number of aromatic nitrogens is 4. The van der Waals surface area contributed by atoms with Crippen molar-refractivity contribution in [3.8, 4) is 5.75 Å². The van der Waals surface area contributed by atoms with Crippen LogP contribution in [0, 0.1) is 0 Å². The van der Waals surface area contributed by atoms with Gasteiger partial charge in [-0.25, -0.2) is 15.0 Å². The van der Waals surface area contributed by atoms with Crippen LogP contribution in [0.3, 0.4) is 0 Å². The summed E-state index contributed by atoms with van der Waals surface area (Å²) in [5, 5.41) is 0.779. The number of ether oxygens (including phenoxy) is 1. The van der Waals surface area contributed by atoms with Gasteiger partial charge in [0.25, 0.3) is 0 Å². The number of methoxy groups -OCH3 is 1. The van der Waals surface area contributed by atoms with Crippen LogP contribution in [0.15, 0.2) is 35.7 Å². The Morgan fingerprint density at radius 2 is 1.92 bits per heavy atom. The molecular weight excluding hydrogens is 348 g/mol. The van der Waals surface area contributed by atoms with Gasteiger partial charge >= 0.3 is 0 Å². The highest BCUT2D eigenvalue weighted by atomic mass is 32.2. The summed E-state index contributed by atoms with van der Waals surface area (Å²) < 4.78 is 7.17. The molecule has 26 heavy (non-hydrogen) atoms. The van der Waals surface area contributed by atoms with Crippen LogP contribution in [-0.4, -0.2) is 58.3 Å². The maximum absolute atomic E-state index is 5.22. The summed E-state index contributed by atoms with van der Waals surface area (Å²) in [7, 11) is 5.77. The van der Waals surface area contributed by atoms with Crippen molar-refractivity contribution < 1.29 is 4.74 Å². The third kappa shape index (κ3) is 3.34. The van der Waals surface area contributed by atoms with Crippen LogP contribution >= 0.6 is 11.8 Å². The molecule has 0 N–H and O–H groups in total. The van der Waals surface area contributed by atoms with Gasteiger partial charge < -0.3 is 14.2 Å². The Morgan fingerprint density at radius 1 is 1.12 bits per heavy atom. The molecule has 0 aliphatic carbocycles. The highest BCUT2D eigenvalue weighted by Gasteiger charge is 2.23. The molecule has 0 saturated carbocycles. The monoisotopic (exact) mass is 370 g/mol. The highest BCUT2D eigenvalue weighted by Crippen LogP contribution is 2.29. The molecule has 3 heterocycles. The van der Waals surface area contributed by atoms with Crippen molar-refractivity contribution in [3.63, 3.8) is 0 Å². The first kappa shape index (κ1) is 17.1. The van der Waals surface area contributed by atoms with E-state index in [2.05, 4.69) is 34.0 Å². The normalized spacial score (nSPS) is 15.1. The molecule has 3 aromatic rings. The minimum Gasteiger partial charge on any atom is -0.497 e. The lowest BCUT2D eigenvalue weighted by atomic mass is 10.2. The third-order valence-electron chi connectivity index (χ3n) is 4.51. The molecule has 1 fully saturated rings. The summed E-state index contributed by atoms with van der Waals surface area (Å²) >= 11 is 1.64. The van der Waals surface area contributed by atoms with Gasteiger partial charge in [-0.2, -0.15) is 0 Å². The molecule has 136 valence electrons. The average Bonchev–Trinajstić information content (AvgIpc) is 3.26. The molecule has 8 heteroatoms. The molecule has 0 unspecified atom stereocenters. The lowest BCUT2D eigenvalue weighted by Gasteiger charge is -2.17. The number of thioether (sulfide) groups is 1. The lowest BCUT2D eigenvalue weighted by molar-refractivity contribution is 0.414. The standard InChI is InChI=1S/C18H22N6OS/c1-22-8-9-24(12-22)17-15-16(23(2)11-19-15)20-18(21-17)26-10-13-4-6-14(25-3)7-5-13/h4-7,11H,8-10,12H2,1-3H3. The molecule has 7 nitrogen and oxygen atoms in total. The highest BCUT2D eigenvalue weighted by molar-refractivity contribution is 7.98. The Labute approximate surface area is 157 Å². The quantitative estimate of drug-likeness (QED) is 0.505. The van der Waals surface area contributed by atoms with E-state index >= 15 is 0 Å². The number of benzene rings is 1. The van der Waals surface area contributed by atoms with E-state index in [0.29, 0.717) is 0 Å². The second kappa shape index (κ2) is 7.13. The van der Waals surface area contributed by atoms with E-state index in [4.69, 9.17) is 14.7 Å². The van der Waals surface area contributed by atoms with Crippen LogP contribution in [0.1, 0.15) is 5.56 Å². The van der Waals surface area contributed by atoms with Gasteiger partial charge in [0.1, 0.15) is 5.75 Å². The maximum Gasteiger partial charge on any atom is 0.191 e. The number of nitrogens with zero attached hydrogens (tertiary/aromatic N) is 6. The summed E-state index contributed by atoms with van der Waals surface area (Å²) in [6, 6.07) is 8.11. The summed E-state index contributed by atoms with van der Waals surface area (Å²) in [5.74, 6) is 2.61. The zero-order chi connectivity index (χ0) is 18.1. The largest absolute Gasteiger partial charge is 0.497 e. The molecule has 0 atom stereocenters. The average molecular weight is 370 g/mol. The van der Waals surface area contributed by atoms with Crippen LogP contribution in [0.2, 0.25) is 0 Å². The number of anilines is 1. The molecule has 0 radical (unpaired) electrons. The second-order valence-electron chi connectivity index (χ2n) is 6.48. The number of hydrogen-bond donors (Lipinski definition) is 0. The topological polar surface area (TPSA) is 59.3 Å². The Bertz CT molecular complexity index is 910. The molecule has 1 aromatic carbocycles. The van der Waals surface area contributed by atoms with Gasteiger partial charge in [0.05, 0.1) is 20.1 Å². The van der Waals surface area contributed by atoms with Gasteiger partial charge in [0.2, 0.25) is 0 Å². The van der Waals surface area contributed by atoms with E-state index in [1.807, 2.05) is 23.7 Å². The van der Waals surface area contributed by atoms with Crippen LogP contribution < -0.4 is 9.64 Å². The molecular formula is C18H22N6OS. The van der Waals surface area contributed by atoms with Crippen molar-refractivity contribution in [1.29, 1.82) is 0 Å². The first-order valence-corrected chi connectivity index (χ1v) is 9.51. The fourth-order valence-corrected chi connectivity index (χ4v) is 3.81. The molecule has 2 aromatic heterocycles. The fourth-order valence-electron chi connectivity index (χ4n) is 3.02. The van der Waals surface area contributed by atoms with E-state index < -0.39 is 0 Å². The van der Waals surface area contributed by atoms with Gasteiger partial charge in [0.15, 0.2) is 22.1 Å². The van der Waals surface area contributed by atoms with Crippen LogP contribution in [-0.2, 0) is 12.8 Å². The molecule has 0 spiro atoms. The van der Waals surface area contributed by atoms with Gasteiger partial charge in [-0.3, -0.25) is 4.90 Å². The van der Waals surface area contributed by atoms with E-state index in [0.717, 1.165) is 53.4 Å². The maximum atomic E-state index is 5.22. The number of imidazole rings is 1. The fraction of sp³-hybridized carbons (Fsp3) is 0.389. The lowest BCUT2D eigenvalue weighted by Crippen LogP contribution is -2.24. The van der Waals surface area contributed by atoms with E-state index in [-0.39, 0.29) is 0 Å². The van der Waals surface area contributed by atoms with E-state index in [1.165, 1.54) is 5.56 Å². The number of fused-ring (bicyclic) bond motifs is 1. The van der Waals surface area contributed by atoms with Crippen LogP contribution in [0.4, 0.5) is 5.82 Å². The van der Waals surface area contributed by atoms with Crippen molar-refractivity contribution in [3.05, 3.63) is 36.2 Å². The molecule has 0 bridgehead atoms. The van der Waals surface area contributed by atoms with Gasteiger partial charge in [-0.05, 0) is 24.7 Å². The van der Waals surface area contributed by atoms with Crippen molar-refractivity contribution in [2.75, 3.05) is 38.8 Å². The first-order valence-electron chi connectivity index (χ1n) is 8.52. The van der Waals surface area contributed by atoms with Crippen LogP contribution in [0.5, 0.6) is 5.75 Å². The zero-order valence-electron chi connectivity index (χ0n) is 15.2. The number of aryl methyl sites for hydroxylation is 1. The molecule has 0 amide bonds. The van der Waals surface area contributed by atoms with Gasteiger partial charge in [-0.15, -0.1) is 0 Å². The molecule has 1 aliphatic rings. The second-order valence-corrected chi connectivity index (χ2v) is 7.42. The number of rotatable bonds is 5. The molecule has 1 aliphatic heterocycles. The first-order chi connectivity index (χ1) is 12.6. The Morgan fingerprint density at radius 3 is 2.62 bits per heavy atom. The number of hydrogen-bond acceptors (Lipinski definition) is 7. The predicted molar refractivity (Wildman–Crippen MR) is 104 cm³/mol. The minimum atomic E-state index is 0.779. The molecule has 4 rings (SSSR count). The smallest absolute Gasteiger partial charge is 0.191 e. The van der Waals surface area contributed by atoms with Gasteiger partial charge in [-0.1, -0.05) is 23.9 Å². The SMILES string of the molecule is COc1ccc(CSc2nc(N3CCN(C)C3)c3ncn(C)c3n2)cc1. The minimum absolute atomic E-state index is 0.779. The van der Waals surface area contributed by atoms with E-state index in [1.54, 1.807) is 25.2 Å². The molecule has 1 saturated heterocycles. The summed E-state index contributed by atoms with van der Waals surface area (Å²) in [4.78, 5) is 18.6. The Balaban J connectivity index is 1.61. The van der Waals surface area contributed by atoms with Gasteiger partial charge in [0, 0.05) is 25.9 Å². The predicted octanol–water partition coefficient (Wildman–Crippen LogP) is 2.37. The van der Waals surface area contributed by atoms with Crippen molar-refractivity contribution >= 4 is 28.7 Å². The van der Waals surface area contributed by atoms with Crippen molar-refractivity contribution in [2.45, 2.75) is 10.9 Å². The summed E-state index contributed by atoms with van der Waals surface area (Å²) in [6.45, 7) is 2.86. The third-order valence-corrected chi connectivity index (χ3v) is 5.43. The number of likely N-dealkylation sites (N-methyl/N-ethyl adjacent to an activating group) is 1. The Hall–Kier alpha value is -2.32. The summed E-state index contributed by atoms with van der Waals surface area (Å²) in [6.07, 6.45) is 1.81. The van der Waals surface area contributed by atoms with E-state index in [9.17, 15) is 0 Å².